The average Bonchev–Trinajstić information content (AvgIpc) is 3.00. The SMILES string of the molecule is COCCNc1ccc([N+](=O)[O-])cc1C(=O)OCC(=O)c1cc(C)n(C(C)C)c1C. The van der Waals surface area contributed by atoms with Gasteiger partial charge in [0.15, 0.2) is 6.61 Å². The second-order valence-electron chi connectivity index (χ2n) is 7.15. The number of nitrogens with zero attached hydrogens (tertiary/aromatic N) is 2. The van der Waals surface area contributed by atoms with Crippen LogP contribution in [0.25, 0.3) is 0 Å². The van der Waals surface area contributed by atoms with Crippen molar-refractivity contribution in [3.8, 4) is 0 Å². The lowest BCUT2D eigenvalue weighted by Crippen LogP contribution is -2.17. The fourth-order valence-corrected chi connectivity index (χ4v) is 3.40. The van der Waals surface area contributed by atoms with E-state index < -0.39 is 17.5 Å². The minimum atomic E-state index is -0.815. The zero-order valence-corrected chi connectivity index (χ0v) is 17.9. The van der Waals surface area contributed by atoms with Crippen molar-refractivity contribution in [2.24, 2.45) is 0 Å². The van der Waals surface area contributed by atoms with Crippen molar-refractivity contribution >= 4 is 23.1 Å². The molecule has 0 amide bonds. The molecule has 0 aliphatic rings. The van der Waals surface area contributed by atoms with Crippen LogP contribution in [0.15, 0.2) is 24.3 Å². The largest absolute Gasteiger partial charge is 0.454 e. The smallest absolute Gasteiger partial charge is 0.340 e. The molecule has 0 fully saturated rings. The number of carbonyl (C=O) groups is 2. The van der Waals surface area contributed by atoms with Crippen molar-refractivity contribution in [3.05, 3.63) is 56.9 Å². The maximum atomic E-state index is 12.6. The fourth-order valence-electron chi connectivity index (χ4n) is 3.40. The molecule has 2 rings (SSSR count). The maximum Gasteiger partial charge on any atom is 0.340 e. The Kier molecular flexibility index (Phi) is 7.71. The number of nitrogens with one attached hydrogen (secondary N) is 1. The minimum absolute atomic E-state index is 0.0132. The molecule has 9 nitrogen and oxygen atoms in total. The Labute approximate surface area is 175 Å². The van der Waals surface area contributed by atoms with Crippen LogP contribution >= 0.6 is 0 Å². The summed E-state index contributed by atoms with van der Waals surface area (Å²) < 4.78 is 12.2. The Hall–Kier alpha value is -3.20. The molecule has 0 saturated heterocycles. The van der Waals surface area contributed by atoms with Crippen LogP contribution in [0.2, 0.25) is 0 Å². The van der Waals surface area contributed by atoms with Crippen LogP contribution in [-0.4, -0.2) is 48.1 Å². The number of carbonyl (C=O) groups excluding carboxylic acids is 2. The molecule has 2 aromatic rings. The summed E-state index contributed by atoms with van der Waals surface area (Å²) in [5, 5.41) is 14.1. The molecule has 1 aromatic carbocycles. The number of non-ortho nitro benzene ring substituents is 1. The molecular weight excluding hydrogens is 390 g/mol. The summed E-state index contributed by atoms with van der Waals surface area (Å²) in [5.74, 6) is -1.15. The van der Waals surface area contributed by atoms with E-state index in [4.69, 9.17) is 9.47 Å². The van der Waals surface area contributed by atoms with Crippen LogP contribution in [0.3, 0.4) is 0 Å². The average molecular weight is 417 g/mol. The van der Waals surface area contributed by atoms with Gasteiger partial charge in [-0.25, -0.2) is 4.79 Å². The number of Topliss-reactive ketones (excluding diaryl/α,β-unsaturated/α-hetero) is 1. The number of ether oxygens (including phenoxy) is 2. The molecule has 1 heterocycles. The number of esters is 1. The molecule has 9 heteroatoms. The number of hydrogen-bond acceptors (Lipinski definition) is 7. The van der Waals surface area contributed by atoms with Gasteiger partial charge in [-0.15, -0.1) is 0 Å². The molecule has 0 aliphatic carbocycles. The highest BCUT2D eigenvalue weighted by molar-refractivity contribution is 6.02. The van der Waals surface area contributed by atoms with Crippen molar-refractivity contribution in [1.29, 1.82) is 0 Å². The first kappa shape index (κ1) is 23.1. The molecular formula is C21H27N3O6. The van der Waals surface area contributed by atoms with E-state index >= 15 is 0 Å². The third kappa shape index (κ3) is 5.24. The number of aromatic nitrogens is 1. The Morgan fingerprint density at radius 3 is 2.47 bits per heavy atom. The lowest BCUT2D eigenvalue weighted by Gasteiger charge is -2.14. The van der Waals surface area contributed by atoms with E-state index in [0.29, 0.717) is 24.4 Å². The molecule has 0 aliphatic heterocycles. The molecule has 0 saturated carbocycles. The van der Waals surface area contributed by atoms with Crippen molar-refractivity contribution in [2.75, 3.05) is 32.2 Å². The predicted octanol–water partition coefficient (Wildman–Crippen LogP) is 3.69. The highest BCUT2D eigenvalue weighted by Gasteiger charge is 2.21. The quantitative estimate of drug-likeness (QED) is 0.206. The summed E-state index contributed by atoms with van der Waals surface area (Å²) in [4.78, 5) is 35.7. The van der Waals surface area contributed by atoms with Gasteiger partial charge >= 0.3 is 5.97 Å². The number of hydrogen-bond donors (Lipinski definition) is 1. The van der Waals surface area contributed by atoms with E-state index in [-0.39, 0.29) is 23.1 Å². The van der Waals surface area contributed by atoms with Crippen molar-refractivity contribution in [3.63, 3.8) is 0 Å². The van der Waals surface area contributed by atoms with Crippen LogP contribution in [-0.2, 0) is 9.47 Å². The van der Waals surface area contributed by atoms with E-state index in [1.165, 1.54) is 19.2 Å². The van der Waals surface area contributed by atoms with Crippen LogP contribution in [0.5, 0.6) is 0 Å². The second kappa shape index (κ2) is 10.0. The number of aryl methyl sites for hydroxylation is 1. The highest BCUT2D eigenvalue weighted by atomic mass is 16.6. The molecule has 30 heavy (non-hydrogen) atoms. The molecule has 162 valence electrons. The van der Waals surface area contributed by atoms with E-state index in [2.05, 4.69) is 5.32 Å². The lowest BCUT2D eigenvalue weighted by molar-refractivity contribution is -0.384. The Balaban J connectivity index is 2.19. The van der Waals surface area contributed by atoms with Crippen molar-refractivity contribution in [1.82, 2.24) is 4.57 Å². The van der Waals surface area contributed by atoms with Crippen LogP contribution in [0.4, 0.5) is 11.4 Å². The summed E-state index contributed by atoms with van der Waals surface area (Å²) in [5.41, 5.74) is 2.35. The Morgan fingerprint density at radius 1 is 1.20 bits per heavy atom. The van der Waals surface area contributed by atoms with Gasteiger partial charge in [-0.2, -0.15) is 0 Å². The first-order valence-electron chi connectivity index (χ1n) is 9.57. The van der Waals surface area contributed by atoms with Crippen LogP contribution < -0.4 is 5.32 Å². The normalized spacial score (nSPS) is 10.9. The minimum Gasteiger partial charge on any atom is -0.454 e. The van der Waals surface area contributed by atoms with E-state index in [1.54, 1.807) is 6.07 Å². The van der Waals surface area contributed by atoms with Gasteiger partial charge in [0.25, 0.3) is 5.69 Å². The molecule has 0 spiro atoms. The Morgan fingerprint density at radius 2 is 1.90 bits per heavy atom. The molecule has 1 aromatic heterocycles. The van der Waals surface area contributed by atoms with Gasteiger partial charge < -0.3 is 19.4 Å². The number of nitro groups is 1. The van der Waals surface area contributed by atoms with Crippen LogP contribution in [0, 0.1) is 24.0 Å². The topological polar surface area (TPSA) is 113 Å². The first-order valence-corrected chi connectivity index (χ1v) is 9.57. The molecule has 0 unspecified atom stereocenters. The standard InChI is InChI=1S/C21H27N3O6/c1-13(2)23-14(3)10-17(15(23)4)20(25)12-30-21(26)18-11-16(24(27)28)6-7-19(18)22-8-9-29-5/h6-7,10-11,13,22H,8-9,12H2,1-5H3. The predicted molar refractivity (Wildman–Crippen MR) is 112 cm³/mol. The molecule has 0 bridgehead atoms. The first-order chi connectivity index (χ1) is 14.2. The second-order valence-corrected chi connectivity index (χ2v) is 7.15. The van der Waals surface area contributed by atoms with E-state index in [1.807, 2.05) is 32.3 Å². The zero-order valence-electron chi connectivity index (χ0n) is 17.9. The van der Waals surface area contributed by atoms with Crippen molar-refractivity contribution in [2.45, 2.75) is 33.7 Å². The summed E-state index contributed by atoms with van der Waals surface area (Å²) >= 11 is 0. The number of benzene rings is 1. The number of nitro benzene ring substituents is 1. The number of anilines is 1. The fraction of sp³-hybridized carbons (Fsp3) is 0.429. The summed E-state index contributed by atoms with van der Waals surface area (Å²) in [6.45, 7) is 8.13. The molecule has 1 N–H and O–H groups in total. The maximum absolute atomic E-state index is 12.6. The molecule has 0 radical (unpaired) electrons. The van der Waals surface area contributed by atoms with Gasteiger partial charge in [0.2, 0.25) is 5.78 Å². The third-order valence-corrected chi connectivity index (χ3v) is 4.69. The van der Waals surface area contributed by atoms with Crippen molar-refractivity contribution < 1.29 is 24.0 Å². The third-order valence-electron chi connectivity index (χ3n) is 4.69. The number of rotatable bonds is 10. The van der Waals surface area contributed by atoms with Gasteiger partial charge in [-0.05, 0) is 39.8 Å². The monoisotopic (exact) mass is 417 g/mol. The van der Waals surface area contributed by atoms with Crippen LogP contribution in [0.1, 0.15) is 52.0 Å². The molecule has 0 atom stereocenters. The van der Waals surface area contributed by atoms with Gasteiger partial charge in [0, 0.05) is 54.5 Å². The Bertz CT molecular complexity index is 948. The number of methoxy groups -OCH3 is 1. The van der Waals surface area contributed by atoms with Gasteiger partial charge in [-0.3, -0.25) is 14.9 Å². The van der Waals surface area contributed by atoms with Gasteiger partial charge in [0.05, 0.1) is 17.1 Å². The van der Waals surface area contributed by atoms with E-state index in [0.717, 1.165) is 17.5 Å². The highest BCUT2D eigenvalue weighted by Crippen LogP contribution is 2.24. The van der Waals surface area contributed by atoms with E-state index in [9.17, 15) is 19.7 Å². The lowest BCUT2D eigenvalue weighted by atomic mass is 10.1. The summed E-state index contributed by atoms with van der Waals surface area (Å²) in [6.07, 6.45) is 0. The number of ketones is 1. The summed E-state index contributed by atoms with van der Waals surface area (Å²) in [7, 11) is 1.54. The zero-order chi connectivity index (χ0) is 22.4. The summed E-state index contributed by atoms with van der Waals surface area (Å²) in [6, 6.07) is 5.82. The van der Waals surface area contributed by atoms with Gasteiger partial charge in [0.1, 0.15) is 0 Å². The van der Waals surface area contributed by atoms with Gasteiger partial charge in [-0.1, -0.05) is 0 Å².